The third kappa shape index (κ3) is 3.85. The van der Waals surface area contributed by atoms with Gasteiger partial charge in [0.25, 0.3) is 0 Å². The summed E-state index contributed by atoms with van der Waals surface area (Å²) in [4.78, 5) is 22.0. The van der Waals surface area contributed by atoms with Crippen LogP contribution < -0.4 is 21.5 Å². The van der Waals surface area contributed by atoms with E-state index in [2.05, 4.69) is 0 Å². The van der Waals surface area contributed by atoms with Gasteiger partial charge in [-0.3, -0.25) is 10.1 Å². The van der Waals surface area contributed by atoms with Crippen molar-refractivity contribution in [1.29, 1.82) is 0 Å². The van der Waals surface area contributed by atoms with Crippen LogP contribution in [0.2, 0.25) is 0 Å². The van der Waals surface area contributed by atoms with Gasteiger partial charge in [-0.05, 0) is 26.0 Å². The highest BCUT2D eigenvalue weighted by atomic mass is 32.2. The fourth-order valence-corrected chi connectivity index (χ4v) is 2.97. The molecule has 1 aromatic carbocycles. The third-order valence-electron chi connectivity index (χ3n) is 2.68. The van der Waals surface area contributed by atoms with Crippen LogP contribution in [0, 0.1) is 0 Å². The number of hydrogen-bond acceptors (Lipinski definition) is 6. The van der Waals surface area contributed by atoms with Gasteiger partial charge in [-0.1, -0.05) is 0 Å². The first-order chi connectivity index (χ1) is 9.70. The largest absolute Gasteiger partial charge is 0.494 e. The van der Waals surface area contributed by atoms with Crippen LogP contribution in [0.1, 0.15) is 13.8 Å². The van der Waals surface area contributed by atoms with Crippen molar-refractivity contribution < 1.29 is 22.7 Å². The number of hydrogen-bond donors (Lipinski definition) is 3. The van der Waals surface area contributed by atoms with Gasteiger partial charge in [0.15, 0.2) is 9.84 Å². The Morgan fingerprint density at radius 2 is 2.00 bits per heavy atom. The van der Waals surface area contributed by atoms with E-state index in [1.165, 1.54) is 18.2 Å². The number of imide groups is 1. The molecule has 0 spiro atoms. The van der Waals surface area contributed by atoms with Crippen molar-refractivity contribution in [3.8, 4) is 5.75 Å². The van der Waals surface area contributed by atoms with E-state index in [0.717, 1.165) is 6.92 Å². The van der Waals surface area contributed by atoms with Crippen LogP contribution in [0.15, 0.2) is 23.1 Å². The van der Waals surface area contributed by atoms with Gasteiger partial charge in [-0.25, -0.2) is 13.2 Å². The van der Waals surface area contributed by atoms with E-state index in [-0.39, 0.29) is 10.6 Å². The van der Waals surface area contributed by atoms with E-state index in [4.69, 9.17) is 16.2 Å². The molecular formula is C12H17N3O5S. The quantitative estimate of drug-likeness (QED) is 0.654. The average Bonchev–Trinajstić information content (AvgIpc) is 2.39. The van der Waals surface area contributed by atoms with Crippen LogP contribution in [-0.2, 0) is 14.6 Å². The number of anilines is 1. The van der Waals surface area contributed by atoms with Gasteiger partial charge in [-0.2, -0.15) is 0 Å². The molecule has 116 valence electrons. The highest BCUT2D eigenvalue weighted by molar-refractivity contribution is 7.93. The minimum absolute atomic E-state index is 0.0165. The summed E-state index contributed by atoms with van der Waals surface area (Å²) in [6.45, 7) is 3.23. The summed E-state index contributed by atoms with van der Waals surface area (Å²) in [6.07, 6.45) is 0. The Balaban J connectivity index is 3.20. The highest BCUT2D eigenvalue weighted by Gasteiger charge is 2.32. The second-order valence-electron chi connectivity index (χ2n) is 4.17. The average molecular weight is 315 g/mol. The fraction of sp³-hybridized carbons (Fsp3) is 0.333. The van der Waals surface area contributed by atoms with E-state index >= 15 is 0 Å². The number of ether oxygens (including phenoxy) is 1. The molecule has 0 aromatic heterocycles. The van der Waals surface area contributed by atoms with Gasteiger partial charge in [0.2, 0.25) is 5.91 Å². The minimum atomic E-state index is -4.08. The second kappa shape index (κ2) is 6.44. The van der Waals surface area contributed by atoms with Crippen LogP contribution in [0.4, 0.5) is 10.5 Å². The molecule has 0 bridgehead atoms. The Hall–Kier alpha value is -2.29. The maximum Gasteiger partial charge on any atom is 0.318 e. The van der Waals surface area contributed by atoms with Crippen LogP contribution in [0.5, 0.6) is 5.75 Å². The molecule has 0 saturated heterocycles. The summed E-state index contributed by atoms with van der Waals surface area (Å²) in [6, 6.07) is 3.00. The topological polar surface area (TPSA) is 142 Å². The van der Waals surface area contributed by atoms with E-state index in [9.17, 15) is 18.0 Å². The summed E-state index contributed by atoms with van der Waals surface area (Å²) in [5, 5.41) is 0.202. The molecule has 0 aliphatic carbocycles. The molecule has 9 heteroatoms. The molecule has 0 aliphatic heterocycles. The molecule has 3 amide bonds. The summed E-state index contributed by atoms with van der Waals surface area (Å²) in [7, 11) is -4.08. The first kappa shape index (κ1) is 16.8. The predicted molar refractivity (Wildman–Crippen MR) is 76.4 cm³/mol. The smallest absolute Gasteiger partial charge is 0.318 e. The fourth-order valence-electron chi connectivity index (χ4n) is 1.57. The van der Waals surface area contributed by atoms with Crippen LogP contribution in [0.3, 0.4) is 0 Å². The molecule has 0 radical (unpaired) electrons. The van der Waals surface area contributed by atoms with Crippen molar-refractivity contribution in [2.75, 3.05) is 12.3 Å². The molecule has 21 heavy (non-hydrogen) atoms. The molecule has 1 atom stereocenters. The monoisotopic (exact) mass is 315 g/mol. The standard InChI is InChI=1S/C12H17N3O5S/c1-3-20-8-4-5-9(13)10(6-8)21(18,19)7(2)11(16)15-12(14)17/h4-7H,3,13H2,1-2H3,(H3,14,15,16,17). The molecular weight excluding hydrogens is 298 g/mol. The van der Waals surface area contributed by atoms with Crippen molar-refractivity contribution in [2.45, 2.75) is 24.0 Å². The predicted octanol–water partition coefficient (Wildman–Crippen LogP) is 0.0246. The number of carbonyl (C=O) groups is 2. The lowest BCUT2D eigenvalue weighted by molar-refractivity contribution is -0.119. The number of primary amides is 1. The number of nitrogen functional groups attached to an aromatic ring is 1. The molecule has 0 fully saturated rings. The van der Waals surface area contributed by atoms with Crippen molar-refractivity contribution in [3.05, 3.63) is 18.2 Å². The molecule has 0 saturated carbocycles. The molecule has 8 nitrogen and oxygen atoms in total. The lowest BCUT2D eigenvalue weighted by Crippen LogP contribution is -2.43. The summed E-state index contributed by atoms with van der Waals surface area (Å²) < 4.78 is 30.0. The Morgan fingerprint density at radius 3 is 2.52 bits per heavy atom. The number of rotatable bonds is 5. The van der Waals surface area contributed by atoms with Crippen molar-refractivity contribution in [1.82, 2.24) is 5.32 Å². The molecule has 0 heterocycles. The Kier molecular flexibility index (Phi) is 5.14. The summed E-state index contributed by atoms with van der Waals surface area (Å²) >= 11 is 0. The number of sulfone groups is 1. The van der Waals surface area contributed by atoms with E-state index in [1.807, 2.05) is 0 Å². The zero-order chi connectivity index (χ0) is 16.2. The van der Waals surface area contributed by atoms with Crippen LogP contribution in [-0.4, -0.2) is 32.2 Å². The number of urea groups is 1. The Labute approximate surface area is 122 Å². The van der Waals surface area contributed by atoms with Gasteiger partial charge >= 0.3 is 6.03 Å². The maximum absolute atomic E-state index is 12.4. The first-order valence-corrected chi connectivity index (χ1v) is 7.61. The molecule has 5 N–H and O–H groups in total. The number of carbonyl (C=O) groups excluding carboxylic acids is 2. The zero-order valence-corrected chi connectivity index (χ0v) is 12.4. The number of amides is 3. The van der Waals surface area contributed by atoms with Crippen molar-refractivity contribution >= 4 is 27.5 Å². The van der Waals surface area contributed by atoms with Crippen molar-refractivity contribution in [3.63, 3.8) is 0 Å². The highest BCUT2D eigenvalue weighted by Crippen LogP contribution is 2.27. The van der Waals surface area contributed by atoms with Crippen molar-refractivity contribution in [2.24, 2.45) is 5.73 Å². The van der Waals surface area contributed by atoms with Gasteiger partial charge in [0.1, 0.15) is 11.0 Å². The van der Waals surface area contributed by atoms with Gasteiger partial charge in [0.05, 0.1) is 17.2 Å². The number of nitrogens with two attached hydrogens (primary N) is 2. The van der Waals surface area contributed by atoms with Crippen LogP contribution >= 0.6 is 0 Å². The maximum atomic E-state index is 12.4. The van der Waals surface area contributed by atoms with E-state index in [1.54, 1.807) is 12.2 Å². The van der Waals surface area contributed by atoms with Gasteiger partial charge < -0.3 is 16.2 Å². The zero-order valence-electron chi connectivity index (χ0n) is 11.6. The number of nitrogens with one attached hydrogen (secondary N) is 1. The first-order valence-electron chi connectivity index (χ1n) is 6.06. The normalized spacial score (nSPS) is 12.5. The SMILES string of the molecule is CCOc1ccc(N)c(S(=O)(=O)C(C)C(=O)NC(N)=O)c1. The molecule has 1 aromatic rings. The Morgan fingerprint density at radius 1 is 1.38 bits per heavy atom. The lowest BCUT2D eigenvalue weighted by atomic mass is 10.3. The third-order valence-corrected chi connectivity index (χ3v) is 4.80. The van der Waals surface area contributed by atoms with Crippen LogP contribution in [0.25, 0.3) is 0 Å². The lowest BCUT2D eigenvalue weighted by Gasteiger charge is -2.14. The second-order valence-corrected chi connectivity index (χ2v) is 6.41. The van der Waals surface area contributed by atoms with E-state index < -0.39 is 27.0 Å². The summed E-state index contributed by atoms with van der Waals surface area (Å²) in [5.41, 5.74) is 10.4. The molecule has 1 unspecified atom stereocenters. The van der Waals surface area contributed by atoms with Gasteiger partial charge in [-0.15, -0.1) is 0 Å². The molecule has 1 rings (SSSR count). The number of benzene rings is 1. The minimum Gasteiger partial charge on any atom is -0.494 e. The summed E-state index contributed by atoms with van der Waals surface area (Å²) in [5.74, 6) is -0.712. The Bertz CT molecular complexity index is 657. The van der Waals surface area contributed by atoms with Gasteiger partial charge in [0, 0.05) is 6.07 Å². The molecule has 0 aliphatic rings. The van der Waals surface area contributed by atoms with E-state index in [0.29, 0.717) is 12.4 Å².